The highest BCUT2D eigenvalue weighted by Gasteiger charge is 2.64. The summed E-state index contributed by atoms with van der Waals surface area (Å²) in [6.45, 7) is 6.74. The Hall–Kier alpha value is -3.25. The van der Waals surface area contributed by atoms with Gasteiger partial charge in [0.1, 0.15) is 11.9 Å². The van der Waals surface area contributed by atoms with Crippen molar-refractivity contribution in [2.24, 2.45) is 5.92 Å². The molecule has 0 amide bonds. The number of halogens is 1. The first-order valence-corrected chi connectivity index (χ1v) is 12.9. The summed E-state index contributed by atoms with van der Waals surface area (Å²) in [6.07, 6.45) is 1.85. The van der Waals surface area contributed by atoms with Crippen molar-refractivity contribution >= 4 is 19.6 Å². The van der Waals surface area contributed by atoms with Crippen LogP contribution in [0.3, 0.4) is 0 Å². The summed E-state index contributed by atoms with van der Waals surface area (Å²) in [4.78, 5) is 27.7. The Labute approximate surface area is 211 Å². The van der Waals surface area contributed by atoms with Gasteiger partial charge in [-0.05, 0) is 52.7 Å². The minimum Gasteiger partial charge on any atom is -0.477 e. The summed E-state index contributed by atoms with van der Waals surface area (Å²) in [5, 5.41) is 18.4. The van der Waals surface area contributed by atoms with E-state index in [2.05, 4.69) is 4.98 Å². The van der Waals surface area contributed by atoms with Gasteiger partial charge in [0, 0.05) is 22.9 Å². The van der Waals surface area contributed by atoms with E-state index in [0.717, 1.165) is 11.1 Å². The smallest absolute Gasteiger partial charge is 0.477 e. The molecule has 1 aromatic heterocycles. The second-order valence-electron chi connectivity index (χ2n) is 8.95. The Bertz CT molecular complexity index is 1270. The first kappa shape index (κ1) is 27.3. The molecule has 0 radical (unpaired) electrons. The van der Waals surface area contributed by atoms with Crippen molar-refractivity contribution in [1.29, 1.82) is 0 Å². The quantitative estimate of drug-likeness (QED) is 0.301. The molecule has 1 heterocycles. The lowest BCUT2D eigenvalue weighted by molar-refractivity contribution is -0.141. The highest BCUT2D eigenvalue weighted by atomic mass is 31.1. The summed E-state index contributed by atoms with van der Waals surface area (Å²) in [5.41, 5.74) is 3.72. The van der Waals surface area contributed by atoms with E-state index in [1.807, 2.05) is 51.1 Å². The van der Waals surface area contributed by atoms with Crippen LogP contribution in [0.2, 0.25) is 0 Å². The fraction of sp³-hybridized carbons (Fsp3) is 0.286. The van der Waals surface area contributed by atoms with Gasteiger partial charge in [0.05, 0.1) is 5.69 Å². The van der Waals surface area contributed by atoms with Gasteiger partial charge in [-0.15, -0.1) is 0 Å². The van der Waals surface area contributed by atoms with E-state index in [9.17, 15) is 28.9 Å². The maximum absolute atomic E-state index is 13.9. The van der Waals surface area contributed by atoms with E-state index < -0.39 is 31.1 Å². The summed E-state index contributed by atoms with van der Waals surface area (Å²) in [6, 6.07) is 15.2. The number of aliphatic carboxylic acids is 1. The molecule has 0 spiro atoms. The van der Waals surface area contributed by atoms with E-state index in [-0.39, 0.29) is 11.5 Å². The van der Waals surface area contributed by atoms with E-state index in [0.29, 0.717) is 28.8 Å². The molecule has 8 heteroatoms. The molecule has 2 aromatic carbocycles. The molecule has 3 rings (SSSR count). The average Bonchev–Trinajstić information content (AvgIpc) is 2.83. The first-order chi connectivity index (χ1) is 17.0. The summed E-state index contributed by atoms with van der Waals surface area (Å²) in [5.74, 6) is -2.29. The molecule has 0 bridgehead atoms. The zero-order chi connectivity index (χ0) is 26.6. The van der Waals surface area contributed by atoms with Gasteiger partial charge < -0.3 is 10.2 Å². The number of carboxylic acid groups (broad SMARTS) is 1. The maximum Gasteiger partial charge on any atom is 0.531 e. The van der Waals surface area contributed by atoms with Gasteiger partial charge >= 0.3 is 19.2 Å². The zero-order valence-electron chi connectivity index (χ0n) is 20.6. The van der Waals surface area contributed by atoms with Crippen LogP contribution in [-0.2, 0) is 15.8 Å². The number of benzene rings is 2. The molecule has 0 saturated carbocycles. The second kappa shape index (κ2) is 11.2. The molecule has 0 aliphatic rings. The van der Waals surface area contributed by atoms with Crippen molar-refractivity contribution in [3.8, 4) is 22.4 Å². The Morgan fingerprint density at radius 1 is 1.08 bits per heavy atom. The minimum absolute atomic E-state index is 0.00949. The van der Waals surface area contributed by atoms with Gasteiger partial charge in [0.25, 0.3) is 0 Å². The van der Waals surface area contributed by atoms with Crippen LogP contribution in [0.5, 0.6) is 0 Å². The zero-order valence-corrected chi connectivity index (χ0v) is 21.5. The second-order valence-corrected chi connectivity index (χ2v) is 10.2. The molecular formula is C28H30FNO5P+. The fourth-order valence-electron chi connectivity index (χ4n) is 4.51. The number of hydrogen-bond donors (Lipinski definition) is 3. The van der Waals surface area contributed by atoms with Gasteiger partial charge in [-0.25, -0.2) is 9.18 Å². The van der Waals surface area contributed by atoms with Crippen LogP contribution in [0.25, 0.3) is 28.0 Å². The molecule has 3 aromatic rings. The lowest BCUT2D eigenvalue weighted by Gasteiger charge is -2.27. The highest BCUT2D eigenvalue weighted by Crippen LogP contribution is 2.51. The summed E-state index contributed by atoms with van der Waals surface area (Å²) in [7, 11) is -3.43. The van der Waals surface area contributed by atoms with Gasteiger partial charge in [-0.1, -0.05) is 69.3 Å². The predicted octanol–water partition coefficient (Wildman–Crippen LogP) is 6.10. The number of carboxylic acids is 1. The lowest BCUT2D eigenvalue weighted by atomic mass is 9.80. The van der Waals surface area contributed by atoms with Gasteiger partial charge in [-0.2, -0.15) is 4.89 Å². The van der Waals surface area contributed by atoms with Crippen LogP contribution in [0, 0.1) is 11.7 Å². The third-order valence-electron chi connectivity index (χ3n) is 6.15. The molecule has 0 saturated heterocycles. The van der Waals surface area contributed by atoms with Crippen LogP contribution >= 0.6 is 8.03 Å². The van der Waals surface area contributed by atoms with Crippen LogP contribution < -0.4 is 0 Å². The summed E-state index contributed by atoms with van der Waals surface area (Å²) >= 11 is 0. The number of aromatic nitrogens is 1. The molecular weight excluding hydrogens is 480 g/mol. The van der Waals surface area contributed by atoms with Crippen LogP contribution in [0.1, 0.15) is 38.8 Å². The Morgan fingerprint density at radius 3 is 2.17 bits per heavy atom. The topological polar surface area (TPSA) is 108 Å². The van der Waals surface area contributed by atoms with Crippen molar-refractivity contribution in [3.05, 3.63) is 83.8 Å². The molecule has 3 N–H and O–H groups in total. The maximum atomic E-state index is 13.9. The third kappa shape index (κ3) is 5.00. The SMILES string of the molecule is CCc1c(-c2ccccc2)ncc(C(=CC(C)C)C(C(=O)O)(C(C)O)[P+](=O)O)c1-c1ccc(F)cc1. The first-order valence-electron chi connectivity index (χ1n) is 11.7. The average molecular weight is 511 g/mol. The van der Waals surface area contributed by atoms with E-state index in [4.69, 9.17) is 0 Å². The molecule has 0 fully saturated rings. The summed E-state index contributed by atoms with van der Waals surface area (Å²) < 4.78 is 26.6. The number of pyridine rings is 1. The molecule has 188 valence electrons. The number of carbonyl (C=O) groups is 1. The van der Waals surface area contributed by atoms with Crippen LogP contribution in [0.15, 0.2) is 66.9 Å². The van der Waals surface area contributed by atoms with Crippen LogP contribution in [0.4, 0.5) is 4.39 Å². The highest BCUT2D eigenvalue weighted by molar-refractivity contribution is 7.42. The van der Waals surface area contributed by atoms with E-state index in [1.54, 1.807) is 18.2 Å². The third-order valence-corrected chi connectivity index (χ3v) is 7.56. The van der Waals surface area contributed by atoms with Gasteiger partial charge in [0.15, 0.2) is 0 Å². The van der Waals surface area contributed by atoms with Crippen molar-refractivity contribution in [2.75, 3.05) is 0 Å². The molecule has 0 aliphatic heterocycles. The fourth-order valence-corrected chi connectivity index (χ4v) is 5.40. The predicted molar refractivity (Wildman–Crippen MR) is 139 cm³/mol. The van der Waals surface area contributed by atoms with Gasteiger partial charge in [-0.3, -0.25) is 4.98 Å². The molecule has 36 heavy (non-hydrogen) atoms. The van der Waals surface area contributed by atoms with E-state index in [1.165, 1.54) is 25.3 Å². The number of nitrogens with zero attached hydrogens (tertiary/aromatic N) is 1. The number of aliphatic hydroxyl groups excluding tert-OH is 1. The Balaban J connectivity index is 2.53. The van der Waals surface area contributed by atoms with Crippen molar-refractivity contribution in [3.63, 3.8) is 0 Å². The lowest BCUT2D eigenvalue weighted by Crippen LogP contribution is -2.46. The number of aliphatic hydroxyl groups is 1. The van der Waals surface area contributed by atoms with Crippen LogP contribution in [-0.4, -0.2) is 37.3 Å². The van der Waals surface area contributed by atoms with Crippen molar-refractivity contribution in [2.45, 2.75) is 45.4 Å². The van der Waals surface area contributed by atoms with E-state index >= 15 is 0 Å². The van der Waals surface area contributed by atoms with Crippen molar-refractivity contribution in [1.82, 2.24) is 4.98 Å². The number of rotatable bonds is 9. The Kier molecular flexibility index (Phi) is 8.51. The normalized spacial score (nSPS) is 14.9. The number of allylic oxidation sites excluding steroid dienone is 1. The largest absolute Gasteiger partial charge is 0.531 e. The number of hydrogen-bond acceptors (Lipinski definition) is 4. The molecule has 6 nitrogen and oxygen atoms in total. The monoisotopic (exact) mass is 510 g/mol. The molecule has 3 atom stereocenters. The minimum atomic E-state index is -3.43. The standard InChI is InChI=1S/C28H29FNO5P/c1-5-22-25(19-11-13-21(29)14-12-19)23(16-30-26(22)20-9-7-6-8-10-20)24(15-17(2)3)28(18(4)31,27(32)33)36(34)35/h6-18,31H,5H2,1-4H3,(H-,32,33,34,35)/p+1. The molecule has 3 unspecified atom stereocenters. The van der Waals surface area contributed by atoms with Crippen molar-refractivity contribution < 1.29 is 28.9 Å². The van der Waals surface area contributed by atoms with Gasteiger partial charge in [0.2, 0.25) is 0 Å². The molecule has 0 aliphatic carbocycles. The Morgan fingerprint density at radius 2 is 1.69 bits per heavy atom.